The summed E-state index contributed by atoms with van der Waals surface area (Å²) in [7, 11) is 0. The molecule has 0 radical (unpaired) electrons. The molecule has 2 atom stereocenters. The third kappa shape index (κ3) is 13.6. The van der Waals surface area contributed by atoms with E-state index in [0.29, 0.717) is 0 Å². The second-order valence-corrected chi connectivity index (χ2v) is 5.05. The van der Waals surface area contributed by atoms with Crippen molar-refractivity contribution in [1.29, 1.82) is 0 Å². The van der Waals surface area contributed by atoms with Crippen molar-refractivity contribution in [3.05, 3.63) is 25.3 Å². The minimum Gasteiger partial charge on any atom is -0.389 e. The Kier molecular flexibility index (Phi) is 13.3. The zero-order valence-electron chi connectivity index (χ0n) is 12.2. The smallest absolute Gasteiger partial charge is 0.0718 e. The number of aliphatic hydroxyl groups is 2. The first-order valence-electron chi connectivity index (χ1n) is 7.52. The van der Waals surface area contributed by atoms with Gasteiger partial charge in [-0.2, -0.15) is 0 Å². The van der Waals surface area contributed by atoms with Gasteiger partial charge in [0.2, 0.25) is 0 Å². The van der Waals surface area contributed by atoms with E-state index >= 15 is 0 Å². The van der Waals surface area contributed by atoms with Crippen LogP contribution in [0.5, 0.6) is 0 Å². The van der Waals surface area contributed by atoms with Gasteiger partial charge in [0, 0.05) is 0 Å². The van der Waals surface area contributed by atoms with Crippen molar-refractivity contribution in [2.75, 3.05) is 13.1 Å². The van der Waals surface area contributed by atoms with Gasteiger partial charge in [-0.15, -0.1) is 13.2 Å². The van der Waals surface area contributed by atoms with E-state index in [9.17, 15) is 10.2 Å². The lowest BCUT2D eigenvalue weighted by atomic mass is 10.1. The highest BCUT2D eigenvalue weighted by atomic mass is 16.3. The average Bonchev–Trinajstić information content (AvgIpc) is 2.43. The van der Waals surface area contributed by atoms with Gasteiger partial charge in [0.15, 0.2) is 0 Å². The molecular weight excluding hydrogens is 238 g/mol. The van der Waals surface area contributed by atoms with Gasteiger partial charge in [0.05, 0.1) is 12.2 Å². The fraction of sp³-hybridized carbons (Fsp3) is 0.750. The molecule has 0 amide bonds. The van der Waals surface area contributed by atoms with E-state index in [1.165, 1.54) is 12.8 Å². The Morgan fingerprint density at radius 1 is 0.737 bits per heavy atom. The molecule has 0 fully saturated rings. The number of hydrogen-bond donors (Lipinski definition) is 3. The molecule has 0 aliphatic heterocycles. The molecule has 19 heavy (non-hydrogen) atoms. The lowest BCUT2D eigenvalue weighted by Gasteiger charge is -2.07. The second-order valence-electron chi connectivity index (χ2n) is 5.05. The number of hydrogen-bond acceptors (Lipinski definition) is 3. The molecule has 0 aromatic heterocycles. The van der Waals surface area contributed by atoms with Gasteiger partial charge < -0.3 is 15.5 Å². The van der Waals surface area contributed by atoms with E-state index in [4.69, 9.17) is 0 Å². The molecule has 3 heteroatoms. The SMILES string of the molecule is C=CC(O)CCCCCNCCCCCC(O)C=C. The highest BCUT2D eigenvalue weighted by Gasteiger charge is 1.98. The standard InChI is InChI=1S/C16H31NO2/c1-3-15(18)11-7-5-9-13-17-14-10-6-8-12-16(19)4-2/h3-4,15-19H,1-2,5-14H2. The summed E-state index contributed by atoms with van der Waals surface area (Å²) in [6.45, 7) is 9.22. The normalized spacial score (nSPS) is 14.0. The zero-order chi connectivity index (χ0) is 14.3. The Morgan fingerprint density at radius 3 is 1.53 bits per heavy atom. The largest absolute Gasteiger partial charge is 0.389 e. The molecule has 0 saturated heterocycles. The van der Waals surface area contributed by atoms with Gasteiger partial charge >= 0.3 is 0 Å². The molecule has 112 valence electrons. The predicted molar refractivity (Wildman–Crippen MR) is 82.2 cm³/mol. The van der Waals surface area contributed by atoms with Crippen molar-refractivity contribution in [3.8, 4) is 0 Å². The number of unbranched alkanes of at least 4 members (excludes halogenated alkanes) is 4. The van der Waals surface area contributed by atoms with E-state index in [0.717, 1.165) is 51.6 Å². The van der Waals surface area contributed by atoms with Crippen molar-refractivity contribution in [1.82, 2.24) is 5.32 Å². The zero-order valence-corrected chi connectivity index (χ0v) is 12.2. The van der Waals surface area contributed by atoms with Crippen LogP contribution in [0.4, 0.5) is 0 Å². The minimum absolute atomic E-state index is 0.334. The van der Waals surface area contributed by atoms with Gasteiger partial charge in [0.25, 0.3) is 0 Å². The van der Waals surface area contributed by atoms with Crippen molar-refractivity contribution in [2.24, 2.45) is 0 Å². The first kappa shape index (κ1) is 18.4. The van der Waals surface area contributed by atoms with Crippen molar-refractivity contribution in [3.63, 3.8) is 0 Å². The summed E-state index contributed by atoms with van der Waals surface area (Å²) in [4.78, 5) is 0. The lowest BCUT2D eigenvalue weighted by molar-refractivity contribution is 0.208. The Hall–Kier alpha value is -0.640. The highest BCUT2D eigenvalue weighted by molar-refractivity contribution is 4.77. The summed E-state index contributed by atoms with van der Waals surface area (Å²) in [6, 6.07) is 0. The Morgan fingerprint density at radius 2 is 1.16 bits per heavy atom. The molecule has 0 aliphatic carbocycles. The highest BCUT2D eigenvalue weighted by Crippen LogP contribution is 2.05. The summed E-state index contributed by atoms with van der Waals surface area (Å²) in [6.07, 6.45) is 11.0. The molecular formula is C16H31NO2. The van der Waals surface area contributed by atoms with Crippen LogP contribution in [-0.4, -0.2) is 35.5 Å². The van der Waals surface area contributed by atoms with Crippen LogP contribution in [-0.2, 0) is 0 Å². The van der Waals surface area contributed by atoms with Crippen molar-refractivity contribution in [2.45, 2.75) is 63.6 Å². The van der Waals surface area contributed by atoms with Crippen LogP contribution in [0.2, 0.25) is 0 Å². The maximum atomic E-state index is 9.28. The summed E-state index contributed by atoms with van der Waals surface area (Å²) < 4.78 is 0. The van der Waals surface area contributed by atoms with E-state index in [2.05, 4.69) is 18.5 Å². The Labute approximate surface area is 118 Å². The predicted octanol–water partition coefficient (Wildman–Crippen LogP) is 2.79. The van der Waals surface area contributed by atoms with Crippen LogP contribution in [0, 0.1) is 0 Å². The lowest BCUT2D eigenvalue weighted by Crippen LogP contribution is -2.16. The molecule has 3 N–H and O–H groups in total. The Bertz CT molecular complexity index is 197. The van der Waals surface area contributed by atoms with E-state index < -0.39 is 0 Å². The van der Waals surface area contributed by atoms with E-state index in [1.807, 2.05) is 0 Å². The molecule has 0 heterocycles. The summed E-state index contributed by atoms with van der Waals surface area (Å²) in [5.74, 6) is 0. The summed E-state index contributed by atoms with van der Waals surface area (Å²) in [5, 5.41) is 22.0. The minimum atomic E-state index is -0.334. The molecule has 0 bridgehead atoms. The van der Waals surface area contributed by atoms with Crippen LogP contribution in [0.3, 0.4) is 0 Å². The van der Waals surface area contributed by atoms with E-state index in [-0.39, 0.29) is 12.2 Å². The maximum absolute atomic E-state index is 9.28. The van der Waals surface area contributed by atoms with Crippen LogP contribution >= 0.6 is 0 Å². The molecule has 0 aliphatic rings. The third-order valence-electron chi connectivity index (χ3n) is 3.25. The molecule has 2 unspecified atom stereocenters. The van der Waals surface area contributed by atoms with Gasteiger partial charge in [-0.25, -0.2) is 0 Å². The fourth-order valence-electron chi connectivity index (χ4n) is 1.92. The first-order valence-corrected chi connectivity index (χ1v) is 7.52. The van der Waals surface area contributed by atoms with Crippen LogP contribution in [0.15, 0.2) is 25.3 Å². The van der Waals surface area contributed by atoms with Crippen LogP contribution < -0.4 is 5.32 Å². The molecule has 0 aromatic rings. The van der Waals surface area contributed by atoms with Gasteiger partial charge in [-0.3, -0.25) is 0 Å². The van der Waals surface area contributed by atoms with Crippen molar-refractivity contribution >= 4 is 0 Å². The number of nitrogens with one attached hydrogen (secondary N) is 1. The second kappa shape index (κ2) is 13.8. The molecule has 0 spiro atoms. The third-order valence-corrected chi connectivity index (χ3v) is 3.25. The maximum Gasteiger partial charge on any atom is 0.0718 e. The molecule has 0 saturated carbocycles. The average molecular weight is 269 g/mol. The van der Waals surface area contributed by atoms with Gasteiger partial charge in [-0.1, -0.05) is 37.8 Å². The number of aliphatic hydroxyl groups excluding tert-OH is 2. The van der Waals surface area contributed by atoms with E-state index in [1.54, 1.807) is 12.2 Å². The van der Waals surface area contributed by atoms with Crippen LogP contribution in [0.25, 0.3) is 0 Å². The summed E-state index contributed by atoms with van der Waals surface area (Å²) in [5.41, 5.74) is 0. The first-order chi connectivity index (χ1) is 9.20. The molecule has 0 aromatic carbocycles. The fourth-order valence-corrected chi connectivity index (χ4v) is 1.92. The topological polar surface area (TPSA) is 52.5 Å². The molecule has 0 rings (SSSR count). The van der Waals surface area contributed by atoms with Crippen LogP contribution in [0.1, 0.15) is 51.4 Å². The van der Waals surface area contributed by atoms with Gasteiger partial charge in [-0.05, 0) is 38.8 Å². The monoisotopic (exact) mass is 269 g/mol. The quantitative estimate of drug-likeness (QED) is 0.336. The van der Waals surface area contributed by atoms with Crippen molar-refractivity contribution < 1.29 is 10.2 Å². The summed E-state index contributed by atoms with van der Waals surface area (Å²) >= 11 is 0. The number of rotatable bonds is 14. The van der Waals surface area contributed by atoms with Gasteiger partial charge in [0.1, 0.15) is 0 Å². The Balaban J connectivity index is 3.07. The molecule has 3 nitrogen and oxygen atoms in total.